The summed E-state index contributed by atoms with van der Waals surface area (Å²) in [4.78, 5) is 11.9. The average molecular weight is 206 g/mol. The molecule has 0 saturated heterocycles. The van der Waals surface area contributed by atoms with Crippen LogP contribution >= 0.6 is 0 Å². The van der Waals surface area contributed by atoms with E-state index >= 15 is 0 Å². The van der Waals surface area contributed by atoms with Crippen LogP contribution in [0.5, 0.6) is 0 Å². The summed E-state index contributed by atoms with van der Waals surface area (Å²) in [5, 5.41) is 2.98. The number of aromatic nitrogens is 3. The molecule has 0 aromatic carbocycles. The van der Waals surface area contributed by atoms with Gasteiger partial charge in [0, 0.05) is 20.6 Å². The highest BCUT2D eigenvalue weighted by molar-refractivity contribution is 5.72. The summed E-state index contributed by atoms with van der Waals surface area (Å²) in [6, 6.07) is 3.89. The maximum Gasteiger partial charge on any atom is 0.179 e. The van der Waals surface area contributed by atoms with Crippen molar-refractivity contribution in [2.45, 2.75) is 6.42 Å². The number of imidazole rings is 1. The van der Waals surface area contributed by atoms with Crippen molar-refractivity contribution >= 4 is 17.0 Å². The van der Waals surface area contributed by atoms with E-state index in [2.05, 4.69) is 20.3 Å². The fourth-order valence-electron chi connectivity index (χ4n) is 1.40. The van der Waals surface area contributed by atoms with Crippen LogP contribution in [0.3, 0.4) is 0 Å². The molecule has 2 rings (SSSR count). The minimum absolute atomic E-state index is 0.665. The second-order valence-electron chi connectivity index (χ2n) is 3.24. The second-order valence-corrected chi connectivity index (χ2v) is 3.24. The molecule has 0 saturated carbocycles. The van der Waals surface area contributed by atoms with Crippen LogP contribution in [0.2, 0.25) is 0 Å². The van der Waals surface area contributed by atoms with Gasteiger partial charge in [-0.05, 0) is 12.1 Å². The SMILES string of the molecule is CNc1ccc2[nH]c(CCOC)nc2n1. The van der Waals surface area contributed by atoms with Gasteiger partial charge < -0.3 is 15.0 Å². The first kappa shape index (κ1) is 9.92. The van der Waals surface area contributed by atoms with Crippen molar-refractivity contribution in [3.8, 4) is 0 Å². The zero-order valence-corrected chi connectivity index (χ0v) is 8.87. The van der Waals surface area contributed by atoms with Gasteiger partial charge in [0.1, 0.15) is 11.6 Å². The Bertz CT molecular complexity index is 452. The van der Waals surface area contributed by atoms with E-state index in [-0.39, 0.29) is 0 Å². The van der Waals surface area contributed by atoms with E-state index in [1.54, 1.807) is 7.11 Å². The summed E-state index contributed by atoms with van der Waals surface area (Å²) >= 11 is 0. The van der Waals surface area contributed by atoms with Gasteiger partial charge in [-0.2, -0.15) is 0 Å². The smallest absolute Gasteiger partial charge is 0.179 e. The number of pyridine rings is 1. The fraction of sp³-hybridized carbons (Fsp3) is 0.400. The molecule has 15 heavy (non-hydrogen) atoms. The molecule has 5 nitrogen and oxygen atoms in total. The Kier molecular flexibility index (Phi) is 2.82. The molecule has 0 fully saturated rings. The van der Waals surface area contributed by atoms with Gasteiger partial charge in [-0.3, -0.25) is 0 Å². The van der Waals surface area contributed by atoms with Crippen LogP contribution in [0.4, 0.5) is 5.82 Å². The van der Waals surface area contributed by atoms with Gasteiger partial charge in [-0.25, -0.2) is 9.97 Å². The zero-order valence-electron chi connectivity index (χ0n) is 8.87. The Labute approximate surface area is 87.9 Å². The van der Waals surface area contributed by atoms with E-state index < -0.39 is 0 Å². The van der Waals surface area contributed by atoms with Gasteiger partial charge in [0.05, 0.1) is 12.1 Å². The van der Waals surface area contributed by atoms with E-state index in [9.17, 15) is 0 Å². The molecule has 0 aliphatic rings. The number of aromatic amines is 1. The van der Waals surface area contributed by atoms with Gasteiger partial charge in [0.15, 0.2) is 5.65 Å². The Balaban J connectivity index is 2.29. The maximum absolute atomic E-state index is 4.99. The molecule has 2 heterocycles. The topological polar surface area (TPSA) is 62.8 Å². The lowest BCUT2D eigenvalue weighted by Gasteiger charge is -1.95. The van der Waals surface area contributed by atoms with Crippen LogP contribution in [0.25, 0.3) is 11.2 Å². The standard InChI is InChI=1S/C10H14N4O/c1-11-8-4-3-7-10(13-8)14-9(12-7)5-6-15-2/h3-4H,5-6H2,1-2H3,(H2,11,12,13,14). The number of ether oxygens (including phenoxy) is 1. The largest absolute Gasteiger partial charge is 0.384 e. The summed E-state index contributed by atoms with van der Waals surface area (Å²) in [7, 11) is 3.52. The van der Waals surface area contributed by atoms with Gasteiger partial charge in [0.25, 0.3) is 0 Å². The van der Waals surface area contributed by atoms with E-state index in [1.165, 1.54) is 0 Å². The minimum Gasteiger partial charge on any atom is -0.384 e. The molecule has 0 amide bonds. The van der Waals surface area contributed by atoms with Gasteiger partial charge in [0.2, 0.25) is 0 Å². The third kappa shape index (κ3) is 2.07. The first-order valence-electron chi connectivity index (χ1n) is 4.86. The van der Waals surface area contributed by atoms with E-state index in [1.807, 2.05) is 19.2 Å². The quantitative estimate of drug-likeness (QED) is 0.788. The van der Waals surface area contributed by atoms with Crippen molar-refractivity contribution in [1.82, 2.24) is 15.0 Å². The minimum atomic E-state index is 0.665. The highest BCUT2D eigenvalue weighted by atomic mass is 16.5. The third-order valence-electron chi connectivity index (χ3n) is 2.19. The highest BCUT2D eigenvalue weighted by Crippen LogP contribution is 2.12. The van der Waals surface area contributed by atoms with Gasteiger partial charge in [-0.15, -0.1) is 0 Å². The number of rotatable bonds is 4. The normalized spacial score (nSPS) is 10.8. The Hall–Kier alpha value is -1.62. The van der Waals surface area contributed by atoms with Crippen LogP contribution in [0, 0.1) is 0 Å². The van der Waals surface area contributed by atoms with Crippen LogP contribution < -0.4 is 5.32 Å². The third-order valence-corrected chi connectivity index (χ3v) is 2.19. The van der Waals surface area contributed by atoms with E-state index in [0.29, 0.717) is 6.61 Å². The van der Waals surface area contributed by atoms with Gasteiger partial charge >= 0.3 is 0 Å². The predicted octanol–water partition coefficient (Wildman–Crippen LogP) is 1.19. The summed E-state index contributed by atoms with van der Waals surface area (Å²) < 4.78 is 4.99. The van der Waals surface area contributed by atoms with Crippen molar-refractivity contribution in [2.24, 2.45) is 0 Å². The van der Waals surface area contributed by atoms with Crippen molar-refractivity contribution < 1.29 is 4.74 Å². The fourth-order valence-corrected chi connectivity index (χ4v) is 1.40. The van der Waals surface area contributed by atoms with Crippen molar-refractivity contribution in [1.29, 1.82) is 0 Å². The molecule has 2 N–H and O–H groups in total. The lowest BCUT2D eigenvalue weighted by molar-refractivity contribution is 0.201. The van der Waals surface area contributed by atoms with E-state index in [4.69, 9.17) is 4.74 Å². The summed E-state index contributed by atoms with van der Waals surface area (Å²) in [5.74, 6) is 1.74. The van der Waals surface area contributed by atoms with Crippen molar-refractivity contribution in [2.75, 3.05) is 26.1 Å². The molecule has 0 unspecified atom stereocenters. The number of hydrogen-bond acceptors (Lipinski definition) is 4. The Morgan fingerprint density at radius 2 is 2.27 bits per heavy atom. The van der Waals surface area contributed by atoms with Crippen LogP contribution in [-0.2, 0) is 11.2 Å². The molecule has 0 aliphatic carbocycles. The molecule has 0 spiro atoms. The van der Waals surface area contributed by atoms with Crippen LogP contribution in [-0.4, -0.2) is 35.7 Å². The van der Waals surface area contributed by atoms with Crippen molar-refractivity contribution in [3.05, 3.63) is 18.0 Å². The number of hydrogen-bond donors (Lipinski definition) is 2. The summed E-state index contributed by atoms with van der Waals surface area (Å²) in [6.07, 6.45) is 0.780. The molecule has 0 atom stereocenters. The van der Waals surface area contributed by atoms with Crippen LogP contribution in [0.1, 0.15) is 5.82 Å². The molecule has 0 bridgehead atoms. The Morgan fingerprint density at radius 3 is 3.00 bits per heavy atom. The first-order valence-corrected chi connectivity index (χ1v) is 4.86. The molecular formula is C10H14N4O. The van der Waals surface area contributed by atoms with E-state index in [0.717, 1.165) is 29.2 Å². The maximum atomic E-state index is 4.99. The number of nitrogens with zero attached hydrogens (tertiary/aromatic N) is 2. The van der Waals surface area contributed by atoms with Gasteiger partial charge in [-0.1, -0.05) is 0 Å². The lowest BCUT2D eigenvalue weighted by atomic mass is 10.4. The lowest BCUT2D eigenvalue weighted by Crippen LogP contribution is -1.95. The number of methoxy groups -OCH3 is 1. The molecule has 2 aromatic rings. The van der Waals surface area contributed by atoms with Crippen molar-refractivity contribution in [3.63, 3.8) is 0 Å². The molecule has 5 heteroatoms. The molecule has 0 aliphatic heterocycles. The summed E-state index contributed by atoms with van der Waals surface area (Å²) in [6.45, 7) is 0.665. The number of anilines is 1. The number of nitrogens with one attached hydrogen (secondary N) is 2. The highest BCUT2D eigenvalue weighted by Gasteiger charge is 2.03. The monoisotopic (exact) mass is 206 g/mol. The van der Waals surface area contributed by atoms with Crippen LogP contribution in [0.15, 0.2) is 12.1 Å². The first-order chi connectivity index (χ1) is 7.33. The molecular weight excluding hydrogens is 192 g/mol. The average Bonchev–Trinajstić information content (AvgIpc) is 2.67. The number of H-pyrrole nitrogens is 1. The predicted molar refractivity (Wildman–Crippen MR) is 59.0 cm³/mol. The second kappa shape index (κ2) is 4.27. The molecule has 2 aromatic heterocycles. The zero-order chi connectivity index (χ0) is 10.7. The number of fused-ring (bicyclic) bond motifs is 1. The molecule has 0 radical (unpaired) electrons. The summed E-state index contributed by atoms with van der Waals surface area (Å²) in [5.41, 5.74) is 1.70. The Morgan fingerprint density at radius 1 is 1.40 bits per heavy atom. The molecule has 80 valence electrons.